The second-order valence-electron chi connectivity index (χ2n) is 7.91. The summed E-state index contributed by atoms with van der Waals surface area (Å²) in [7, 11) is 1.61. The monoisotopic (exact) mass is 470 g/mol. The lowest BCUT2D eigenvalue weighted by Gasteiger charge is -2.26. The first-order valence-corrected chi connectivity index (χ1v) is 11.2. The summed E-state index contributed by atoms with van der Waals surface area (Å²) in [6.45, 7) is 4.99. The molecule has 0 spiro atoms. The number of H-pyrrole nitrogens is 1. The number of halogens is 2. The number of nitrogens with one attached hydrogen (secondary N) is 1. The number of ether oxygens (including phenoxy) is 3. The Kier molecular flexibility index (Phi) is 6.30. The van der Waals surface area contributed by atoms with Crippen molar-refractivity contribution in [3.8, 4) is 22.8 Å². The molecule has 5 rings (SSSR count). The average molecular weight is 471 g/mol. The maximum absolute atomic E-state index is 14.2. The van der Waals surface area contributed by atoms with Gasteiger partial charge in [-0.2, -0.15) is 0 Å². The van der Waals surface area contributed by atoms with Crippen LogP contribution in [0.3, 0.4) is 0 Å². The fourth-order valence-corrected chi connectivity index (χ4v) is 4.32. The quantitative estimate of drug-likeness (QED) is 0.395. The molecule has 0 saturated carbocycles. The van der Waals surface area contributed by atoms with Crippen LogP contribution in [0.25, 0.3) is 33.1 Å². The van der Waals surface area contributed by atoms with Crippen molar-refractivity contribution in [2.75, 3.05) is 46.6 Å². The summed E-state index contributed by atoms with van der Waals surface area (Å²) in [6, 6.07) is 6.72. The molecule has 0 bridgehead atoms. The lowest BCUT2D eigenvalue weighted by Crippen LogP contribution is -2.37. The van der Waals surface area contributed by atoms with Gasteiger partial charge in [-0.3, -0.25) is 4.90 Å². The zero-order valence-corrected chi connectivity index (χ0v) is 19.0. The Bertz CT molecular complexity index is 1290. The van der Waals surface area contributed by atoms with Crippen LogP contribution in [0, 0.1) is 5.82 Å². The van der Waals surface area contributed by atoms with E-state index < -0.39 is 5.82 Å². The van der Waals surface area contributed by atoms with E-state index in [2.05, 4.69) is 19.9 Å². The van der Waals surface area contributed by atoms with Crippen molar-refractivity contribution in [1.29, 1.82) is 0 Å². The lowest BCUT2D eigenvalue weighted by atomic mass is 10.0. The zero-order chi connectivity index (χ0) is 22.8. The molecule has 3 heterocycles. The van der Waals surface area contributed by atoms with Gasteiger partial charge in [0, 0.05) is 53.8 Å². The molecule has 172 valence electrons. The molecule has 4 aromatic rings. The Morgan fingerprint density at radius 3 is 2.79 bits per heavy atom. The third-order valence-corrected chi connectivity index (χ3v) is 6.17. The molecule has 1 saturated heterocycles. The minimum absolute atomic E-state index is 0.0703. The minimum atomic E-state index is -0.477. The van der Waals surface area contributed by atoms with E-state index in [1.54, 1.807) is 19.4 Å². The highest BCUT2D eigenvalue weighted by molar-refractivity contribution is 6.31. The van der Waals surface area contributed by atoms with Gasteiger partial charge in [0.25, 0.3) is 0 Å². The van der Waals surface area contributed by atoms with Crippen LogP contribution >= 0.6 is 11.6 Å². The normalized spacial score (nSPS) is 14.8. The maximum atomic E-state index is 14.2. The highest BCUT2D eigenvalue weighted by Crippen LogP contribution is 2.38. The summed E-state index contributed by atoms with van der Waals surface area (Å²) >= 11 is 5.94. The van der Waals surface area contributed by atoms with Crippen molar-refractivity contribution in [1.82, 2.24) is 19.9 Å². The number of rotatable bonds is 7. The lowest BCUT2D eigenvalue weighted by molar-refractivity contribution is 0.0357. The number of fused-ring (bicyclic) bond motifs is 2. The fourth-order valence-electron chi connectivity index (χ4n) is 4.16. The van der Waals surface area contributed by atoms with Crippen LogP contribution in [0.15, 0.2) is 36.8 Å². The molecule has 0 amide bonds. The number of methoxy groups -OCH3 is 1. The van der Waals surface area contributed by atoms with Gasteiger partial charge < -0.3 is 19.2 Å². The van der Waals surface area contributed by atoms with Crippen molar-refractivity contribution in [3.63, 3.8) is 0 Å². The van der Waals surface area contributed by atoms with Gasteiger partial charge in [0.1, 0.15) is 12.1 Å². The number of aromatic nitrogens is 3. The Morgan fingerprint density at radius 1 is 1.12 bits per heavy atom. The molecule has 1 aliphatic heterocycles. The van der Waals surface area contributed by atoms with Crippen molar-refractivity contribution in [3.05, 3.63) is 47.6 Å². The van der Waals surface area contributed by atoms with E-state index in [-0.39, 0.29) is 5.02 Å². The van der Waals surface area contributed by atoms with Crippen molar-refractivity contribution in [2.45, 2.75) is 6.42 Å². The van der Waals surface area contributed by atoms with Crippen molar-refractivity contribution < 1.29 is 18.6 Å². The number of nitrogens with zero attached hydrogens (tertiary/aromatic N) is 3. The third kappa shape index (κ3) is 4.46. The summed E-state index contributed by atoms with van der Waals surface area (Å²) in [4.78, 5) is 14.4. The number of aromatic amines is 1. The van der Waals surface area contributed by atoms with Crippen LogP contribution in [0.5, 0.6) is 11.5 Å². The molecule has 1 fully saturated rings. The third-order valence-electron chi connectivity index (χ3n) is 5.88. The van der Waals surface area contributed by atoms with Crippen LogP contribution in [0.2, 0.25) is 5.02 Å². The molecule has 33 heavy (non-hydrogen) atoms. The number of hydrogen-bond acceptors (Lipinski definition) is 6. The summed E-state index contributed by atoms with van der Waals surface area (Å²) < 4.78 is 31.2. The van der Waals surface area contributed by atoms with Gasteiger partial charge in [-0.25, -0.2) is 14.4 Å². The predicted molar refractivity (Wildman–Crippen MR) is 126 cm³/mol. The molecule has 2 aromatic carbocycles. The SMILES string of the molecule is COc1cc2ncnc(-c3c[nH]c4cc(Cl)c(F)cc34)c2cc1OCCCN1CCOCC1. The molecule has 0 atom stereocenters. The minimum Gasteiger partial charge on any atom is -0.493 e. The number of benzene rings is 2. The number of morpholine rings is 1. The molecule has 1 aliphatic rings. The van der Waals surface area contributed by atoms with Gasteiger partial charge in [-0.1, -0.05) is 11.6 Å². The first-order valence-electron chi connectivity index (χ1n) is 10.9. The standard InChI is InChI=1S/C24H24ClFN4O3/c1-31-22-12-21-16(10-23(22)33-6-2-3-30-4-7-32-8-5-30)24(29-14-28-21)17-13-27-20-11-18(25)19(26)9-15(17)20/h9-14,27H,2-8H2,1H3. The van der Waals surface area contributed by atoms with Gasteiger partial charge >= 0.3 is 0 Å². The molecule has 0 unspecified atom stereocenters. The second-order valence-corrected chi connectivity index (χ2v) is 8.32. The van der Waals surface area contributed by atoms with E-state index in [1.807, 2.05) is 12.1 Å². The molecular weight excluding hydrogens is 447 g/mol. The Hall–Kier alpha value is -2.94. The van der Waals surface area contributed by atoms with Gasteiger partial charge in [0.15, 0.2) is 11.5 Å². The topological polar surface area (TPSA) is 72.5 Å². The molecule has 1 N–H and O–H groups in total. The van der Waals surface area contributed by atoms with Crippen LogP contribution < -0.4 is 9.47 Å². The van der Waals surface area contributed by atoms with E-state index in [1.165, 1.54) is 12.4 Å². The van der Waals surface area contributed by atoms with Crippen molar-refractivity contribution in [2.24, 2.45) is 0 Å². The number of hydrogen-bond donors (Lipinski definition) is 1. The largest absolute Gasteiger partial charge is 0.493 e. The molecule has 2 aromatic heterocycles. The van der Waals surface area contributed by atoms with Gasteiger partial charge in [0.2, 0.25) is 0 Å². The summed E-state index contributed by atoms with van der Waals surface area (Å²) in [5, 5.41) is 1.55. The van der Waals surface area contributed by atoms with E-state index in [0.29, 0.717) is 34.7 Å². The highest BCUT2D eigenvalue weighted by atomic mass is 35.5. The van der Waals surface area contributed by atoms with Gasteiger partial charge in [-0.05, 0) is 24.6 Å². The molecule has 0 aliphatic carbocycles. The summed E-state index contributed by atoms with van der Waals surface area (Å²) in [5.74, 6) is 0.752. The first kappa shape index (κ1) is 21.9. The fraction of sp³-hybridized carbons (Fsp3) is 0.333. The van der Waals surface area contributed by atoms with E-state index in [9.17, 15) is 4.39 Å². The molecule has 0 radical (unpaired) electrons. The summed E-state index contributed by atoms with van der Waals surface area (Å²) in [6.07, 6.45) is 4.18. The van der Waals surface area contributed by atoms with Gasteiger partial charge in [-0.15, -0.1) is 0 Å². The van der Waals surface area contributed by atoms with Crippen LogP contribution in [0.1, 0.15) is 6.42 Å². The van der Waals surface area contributed by atoms with Crippen LogP contribution in [-0.2, 0) is 4.74 Å². The first-order chi connectivity index (χ1) is 16.1. The maximum Gasteiger partial charge on any atom is 0.162 e. The van der Waals surface area contributed by atoms with E-state index in [4.69, 9.17) is 25.8 Å². The Morgan fingerprint density at radius 2 is 1.97 bits per heavy atom. The second kappa shape index (κ2) is 9.51. The Balaban J connectivity index is 1.45. The molecular formula is C24H24ClFN4O3. The Labute approximate surface area is 195 Å². The zero-order valence-electron chi connectivity index (χ0n) is 18.2. The van der Waals surface area contributed by atoms with E-state index >= 15 is 0 Å². The smallest absolute Gasteiger partial charge is 0.162 e. The predicted octanol–water partition coefficient (Wildman–Crippen LogP) is 4.68. The van der Waals surface area contributed by atoms with E-state index in [0.717, 1.165) is 55.7 Å². The summed E-state index contributed by atoms with van der Waals surface area (Å²) in [5.41, 5.74) is 2.88. The highest BCUT2D eigenvalue weighted by Gasteiger charge is 2.17. The van der Waals surface area contributed by atoms with Crippen LogP contribution in [0.4, 0.5) is 4.39 Å². The molecule has 7 nitrogen and oxygen atoms in total. The van der Waals surface area contributed by atoms with Gasteiger partial charge in [0.05, 0.1) is 43.2 Å². The average Bonchev–Trinajstić information content (AvgIpc) is 3.24. The molecule has 9 heteroatoms. The van der Waals surface area contributed by atoms with Crippen LogP contribution in [-0.4, -0.2) is 66.4 Å². The van der Waals surface area contributed by atoms with Crippen molar-refractivity contribution >= 4 is 33.4 Å².